The molecule has 0 spiro atoms. The molecule has 0 aliphatic carbocycles. The molecule has 1 aliphatic heterocycles. The minimum atomic E-state index is -0.567. The van der Waals surface area contributed by atoms with Gasteiger partial charge >= 0.3 is 5.97 Å². The average Bonchev–Trinajstić information content (AvgIpc) is 3.21. The lowest BCUT2D eigenvalue weighted by Crippen LogP contribution is -2.29. The topological polar surface area (TPSA) is 76.6 Å². The Labute approximate surface area is 165 Å². The molecule has 3 aromatic rings. The molecule has 140 valence electrons. The zero-order valence-electron chi connectivity index (χ0n) is 15.3. The summed E-state index contributed by atoms with van der Waals surface area (Å²) < 4.78 is 5.28. The number of thiazole rings is 1. The van der Waals surface area contributed by atoms with Gasteiger partial charge in [-0.05, 0) is 43.7 Å². The van der Waals surface area contributed by atoms with Gasteiger partial charge in [0.15, 0.2) is 0 Å². The minimum absolute atomic E-state index is 0.0580. The first kappa shape index (κ1) is 18.1. The maximum Gasteiger partial charge on any atom is 0.338 e. The second kappa shape index (κ2) is 7.01. The van der Waals surface area contributed by atoms with Crippen molar-refractivity contribution < 1.29 is 19.1 Å². The Balaban J connectivity index is 1.58. The monoisotopic (exact) mass is 392 g/mol. The molecule has 2 heterocycles. The number of carbonyl (C=O) groups is 3. The number of imide groups is 1. The second-order valence-electron chi connectivity index (χ2n) is 6.43. The van der Waals surface area contributed by atoms with Gasteiger partial charge in [-0.3, -0.25) is 9.59 Å². The molecule has 0 bridgehead atoms. The van der Waals surface area contributed by atoms with Crippen molar-refractivity contribution in [2.45, 2.75) is 20.5 Å². The Morgan fingerprint density at radius 2 is 1.82 bits per heavy atom. The highest BCUT2D eigenvalue weighted by Crippen LogP contribution is 2.31. The Kier molecular flexibility index (Phi) is 4.52. The zero-order chi connectivity index (χ0) is 19.8. The third-order valence-electron chi connectivity index (χ3n) is 4.50. The summed E-state index contributed by atoms with van der Waals surface area (Å²) in [6, 6.07) is 11.6. The Morgan fingerprint density at radius 1 is 1.07 bits per heavy atom. The first-order chi connectivity index (χ1) is 13.5. The summed E-state index contributed by atoms with van der Waals surface area (Å²) in [5.41, 5.74) is 2.73. The van der Waals surface area contributed by atoms with Gasteiger partial charge in [0.25, 0.3) is 11.8 Å². The predicted molar refractivity (Wildman–Crippen MR) is 105 cm³/mol. The van der Waals surface area contributed by atoms with E-state index >= 15 is 0 Å². The van der Waals surface area contributed by atoms with E-state index in [2.05, 4.69) is 4.98 Å². The van der Waals surface area contributed by atoms with E-state index in [1.807, 2.05) is 31.4 Å². The SMILES string of the molecule is Cc1nc(COC(=O)c2ccc3c(c2)C(=O)N(c2ccccc2C)C3=O)cs1. The molecule has 0 fully saturated rings. The summed E-state index contributed by atoms with van der Waals surface area (Å²) in [6.07, 6.45) is 0. The second-order valence-corrected chi connectivity index (χ2v) is 7.49. The van der Waals surface area contributed by atoms with Gasteiger partial charge in [-0.15, -0.1) is 11.3 Å². The number of benzene rings is 2. The summed E-state index contributed by atoms with van der Waals surface area (Å²) in [6.45, 7) is 3.77. The number of ether oxygens (including phenoxy) is 1. The Morgan fingerprint density at radius 3 is 2.54 bits per heavy atom. The van der Waals surface area contributed by atoms with Gasteiger partial charge < -0.3 is 4.74 Å². The molecule has 2 aromatic carbocycles. The molecule has 28 heavy (non-hydrogen) atoms. The molecule has 0 unspecified atom stereocenters. The van der Waals surface area contributed by atoms with Crippen LogP contribution in [0.25, 0.3) is 0 Å². The highest BCUT2D eigenvalue weighted by molar-refractivity contribution is 7.09. The van der Waals surface area contributed by atoms with Gasteiger partial charge in [-0.2, -0.15) is 0 Å². The van der Waals surface area contributed by atoms with Crippen LogP contribution in [0.2, 0.25) is 0 Å². The molecule has 4 rings (SSSR count). The quantitative estimate of drug-likeness (QED) is 0.497. The number of hydrogen-bond acceptors (Lipinski definition) is 6. The summed E-state index contributed by atoms with van der Waals surface area (Å²) in [5.74, 6) is -1.41. The highest BCUT2D eigenvalue weighted by Gasteiger charge is 2.37. The standard InChI is InChI=1S/C21H16N2O4S/c1-12-5-3-4-6-18(12)23-19(24)16-8-7-14(9-17(16)20(23)25)21(26)27-10-15-11-28-13(2)22-15/h3-9,11H,10H2,1-2H3. The number of nitrogens with zero attached hydrogens (tertiary/aromatic N) is 2. The van der Waals surface area contributed by atoms with Crippen LogP contribution in [0.1, 0.15) is 47.3 Å². The van der Waals surface area contributed by atoms with Crippen LogP contribution in [0.15, 0.2) is 47.8 Å². The summed E-state index contributed by atoms with van der Waals surface area (Å²) >= 11 is 1.48. The summed E-state index contributed by atoms with van der Waals surface area (Å²) in [7, 11) is 0. The number of amides is 2. The van der Waals surface area contributed by atoms with Gasteiger partial charge in [0.2, 0.25) is 0 Å². The molecule has 0 N–H and O–H groups in total. The maximum absolute atomic E-state index is 12.9. The van der Waals surface area contributed by atoms with Crippen molar-refractivity contribution in [1.82, 2.24) is 4.98 Å². The van der Waals surface area contributed by atoms with Crippen LogP contribution < -0.4 is 4.90 Å². The van der Waals surface area contributed by atoms with Crippen molar-refractivity contribution >= 4 is 34.8 Å². The first-order valence-electron chi connectivity index (χ1n) is 8.62. The normalized spacial score (nSPS) is 13.0. The van der Waals surface area contributed by atoms with Crippen molar-refractivity contribution in [3.8, 4) is 0 Å². The predicted octanol–water partition coefficient (Wildman–Crippen LogP) is 3.92. The molecular weight excluding hydrogens is 376 g/mol. The third kappa shape index (κ3) is 3.10. The lowest BCUT2D eigenvalue weighted by molar-refractivity contribution is 0.0468. The molecule has 0 atom stereocenters. The fraction of sp³-hybridized carbons (Fsp3) is 0.143. The number of carbonyl (C=O) groups excluding carboxylic acids is 3. The Hall–Kier alpha value is -3.32. The first-order valence-corrected chi connectivity index (χ1v) is 9.50. The molecule has 2 amide bonds. The van der Waals surface area contributed by atoms with Crippen LogP contribution >= 0.6 is 11.3 Å². The van der Waals surface area contributed by atoms with E-state index in [9.17, 15) is 14.4 Å². The van der Waals surface area contributed by atoms with E-state index in [1.54, 1.807) is 12.1 Å². The van der Waals surface area contributed by atoms with Crippen LogP contribution in [0.4, 0.5) is 5.69 Å². The fourth-order valence-corrected chi connectivity index (χ4v) is 3.70. The molecule has 1 aliphatic rings. The van der Waals surface area contributed by atoms with Crippen LogP contribution in [0.5, 0.6) is 0 Å². The van der Waals surface area contributed by atoms with Gasteiger partial charge in [0.05, 0.1) is 33.1 Å². The number of rotatable bonds is 4. The van der Waals surface area contributed by atoms with Gasteiger partial charge in [0.1, 0.15) is 6.61 Å². The number of esters is 1. The van der Waals surface area contributed by atoms with E-state index in [0.717, 1.165) is 15.5 Å². The van der Waals surface area contributed by atoms with E-state index < -0.39 is 17.8 Å². The lowest BCUT2D eigenvalue weighted by atomic mass is 10.1. The van der Waals surface area contributed by atoms with E-state index in [1.165, 1.54) is 29.5 Å². The van der Waals surface area contributed by atoms with Crippen molar-refractivity contribution in [2.75, 3.05) is 4.90 Å². The molecule has 0 saturated carbocycles. The number of aromatic nitrogens is 1. The molecule has 0 radical (unpaired) electrons. The lowest BCUT2D eigenvalue weighted by Gasteiger charge is -2.16. The minimum Gasteiger partial charge on any atom is -0.456 e. The smallest absolute Gasteiger partial charge is 0.338 e. The molecule has 6 nitrogen and oxygen atoms in total. The summed E-state index contributed by atoms with van der Waals surface area (Å²) in [5, 5.41) is 2.72. The van der Waals surface area contributed by atoms with Crippen LogP contribution in [0.3, 0.4) is 0 Å². The van der Waals surface area contributed by atoms with Crippen molar-refractivity contribution in [1.29, 1.82) is 0 Å². The van der Waals surface area contributed by atoms with Crippen LogP contribution in [-0.4, -0.2) is 22.8 Å². The Bertz CT molecular complexity index is 1120. The zero-order valence-corrected chi connectivity index (χ0v) is 16.1. The van der Waals surface area contributed by atoms with E-state index in [0.29, 0.717) is 11.4 Å². The van der Waals surface area contributed by atoms with Gasteiger partial charge in [0, 0.05) is 5.38 Å². The van der Waals surface area contributed by atoms with Crippen LogP contribution in [0, 0.1) is 13.8 Å². The number of para-hydroxylation sites is 1. The molecule has 1 aromatic heterocycles. The maximum atomic E-state index is 12.9. The number of hydrogen-bond donors (Lipinski definition) is 0. The molecule has 0 saturated heterocycles. The largest absolute Gasteiger partial charge is 0.456 e. The molecular formula is C21H16N2O4S. The third-order valence-corrected chi connectivity index (χ3v) is 5.32. The van der Waals surface area contributed by atoms with Crippen LogP contribution in [-0.2, 0) is 11.3 Å². The van der Waals surface area contributed by atoms with Gasteiger partial charge in [-0.1, -0.05) is 18.2 Å². The van der Waals surface area contributed by atoms with E-state index in [-0.39, 0.29) is 23.3 Å². The highest BCUT2D eigenvalue weighted by atomic mass is 32.1. The number of anilines is 1. The average molecular weight is 392 g/mol. The number of aryl methyl sites for hydroxylation is 2. The van der Waals surface area contributed by atoms with Crippen molar-refractivity contribution in [3.63, 3.8) is 0 Å². The van der Waals surface area contributed by atoms with Gasteiger partial charge in [-0.25, -0.2) is 14.7 Å². The summed E-state index contributed by atoms with van der Waals surface area (Å²) in [4.78, 5) is 43.3. The van der Waals surface area contributed by atoms with E-state index in [4.69, 9.17) is 4.74 Å². The number of fused-ring (bicyclic) bond motifs is 1. The molecule has 7 heteroatoms. The fourth-order valence-electron chi connectivity index (χ4n) is 3.10. The van der Waals surface area contributed by atoms with Crippen molar-refractivity contribution in [2.24, 2.45) is 0 Å². The van der Waals surface area contributed by atoms with Crippen molar-refractivity contribution in [3.05, 3.63) is 80.8 Å².